The normalized spacial score (nSPS) is 12.2. The highest BCUT2D eigenvalue weighted by Crippen LogP contribution is 2.19. The van der Waals surface area contributed by atoms with Crippen LogP contribution in [-0.4, -0.2) is 7.11 Å². The lowest BCUT2D eigenvalue weighted by molar-refractivity contribution is 0.371. The zero-order valence-electron chi connectivity index (χ0n) is 9.49. The van der Waals surface area contributed by atoms with Crippen LogP contribution in [-0.2, 0) is 4.74 Å². The summed E-state index contributed by atoms with van der Waals surface area (Å²) in [5.74, 6) is 0.686. The molecule has 0 fully saturated rings. The van der Waals surface area contributed by atoms with Crippen LogP contribution in [0.4, 0.5) is 0 Å². The van der Waals surface area contributed by atoms with Crippen molar-refractivity contribution >= 4 is 5.76 Å². The van der Waals surface area contributed by atoms with E-state index in [0.29, 0.717) is 5.76 Å². The van der Waals surface area contributed by atoms with E-state index in [-0.39, 0.29) is 6.04 Å². The van der Waals surface area contributed by atoms with Crippen molar-refractivity contribution in [3.63, 3.8) is 0 Å². The van der Waals surface area contributed by atoms with Crippen LogP contribution in [0.15, 0.2) is 30.8 Å². The van der Waals surface area contributed by atoms with Crippen molar-refractivity contribution in [3.8, 4) is 0 Å². The molecule has 0 unspecified atom stereocenters. The van der Waals surface area contributed by atoms with Gasteiger partial charge in [-0.1, -0.05) is 44.2 Å². The fraction of sp³-hybridized carbons (Fsp3) is 0.385. The first kappa shape index (κ1) is 11.8. The quantitative estimate of drug-likeness (QED) is 0.750. The Bertz CT molecular complexity index is 316. The number of benzene rings is 1. The van der Waals surface area contributed by atoms with Gasteiger partial charge in [-0.2, -0.15) is 0 Å². The maximum absolute atomic E-state index is 6.01. The Labute approximate surface area is 91.7 Å². The summed E-state index contributed by atoms with van der Waals surface area (Å²) in [6.07, 6.45) is 2.12. The van der Waals surface area contributed by atoms with Crippen LogP contribution in [0.2, 0.25) is 0 Å². The van der Waals surface area contributed by atoms with Gasteiger partial charge in [-0.05, 0) is 12.0 Å². The smallest absolute Gasteiger partial charge is 0.118 e. The minimum absolute atomic E-state index is 0.139. The van der Waals surface area contributed by atoms with Gasteiger partial charge in [0.15, 0.2) is 0 Å². The third-order valence-electron chi connectivity index (χ3n) is 2.51. The molecule has 1 aromatic rings. The Balaban J connectivity index is 2.76. The molecule has 15 heavy (non-hydrogen) atoms. The van der Waals surface area contributed by atoms with Crippen LogP contribution in [0.25, 0.3) is 5.76 Å². The zero-order chi connectivity index (χ0) is 11.3. The van der Waals surface area contributed by atoms with Gasteiger partial charge >= 0.3 is 0 Å². The van der Waals surface area contributed by atoms with Gasteiger partial charge in [0.25, 0.3) is 0 Å². The van der Waals surface area contributed by atoms with Gasteiger partial charge in [0, 0.05) is 11.6 Å². The molecule has 82 valence electrons. The average molecular weight is 205 g/mol. The maximum atomic E-state index is 6.01. The van der Waals surface area contributed by atoms with Crippen LogP contribution < -0.4 is 5.73 Å². The van der Waals surface area contributed by atoms with Gasteiger partial charge < -0.3 is 10.5 Å². The molecule has 0 heterocycles. The zero-order valence-corrected chi connectivity index (χ0v) is 9.49. The van der Waals surface area contributed by atoms with E-state index in [1.807, 2.05) is 24.3 Å². The summed E-state index contributed by atoms with van der Waals surface area (Å²) in [4.78, 5) is 0. The van der Waals surface area contributed by atoms with Crippen molar-refractivity contribution < 1.29 is 4.74 Å². The summed E-state index contributed by atoms with van der Waals surface area (Å²) in [6, 6.07) is 8.22. The lowest BCUT2D eigenvalue weighted by atomic mass is 10.0. The molecule has 0 radical (unpaired) electrons. The van der Waals surface area contributed by atoms with E-state index in [4.69, 9.17) is 10.5 Å². The summed E-state index contributed by atoms with van der Waals surface area (Å²) in [7, 11) is 1.62. The largest absolute Gasteiger partial charge is 0.497 e. The van der Waals surface area contributed by atoms with Gasteiger partial charge in [-0.3, -0.25) is 0 Å². The van der Waals surface area contributed by atoms with Crippen molar-refractivity contribution in [3.05, 3.63) is 42.0 Å². The van der Waals surface area contributed by atoms with Crippen molar-refractivity contribution in [1.82, 2.24) is 0 Å². The molecule has 2 N–H and O–H groups in total. The fourth-order valence-corrected chi connectivity index (χ4v) is 1.51. The lowest BCUT2D eigenvalue weighted by Crippen LogP contribution is -2.09. The Morgan fingerprint density at radius 1 is 1.40 bits per heavy atom. The van der Waals surface area contributed by atoms with E-state index in [1.54, 1.807) is 7.11 Å². The van der Waals surface area contributed by atoms with Crippen molar-refractivity contribution in [2.45, 2.75) is 25.8 Å². The van der Waals surface area contributed by atoms with Crippen molar-refractivity contribution in [1.29, 1.82) is 0 Å². The highest BCUT2D eigenvalue weighted by Gasteiger charge is 2.05. The Morgan fingerprint density at radius 3 is 2.47 bits per heavy atom. The topological polar surface area (TPSA) is 35.2 Å². The molecule has 0 aliphatic carbocycles. The summed E-state index contributed by atoms with van der Waals surface area (Å²) in [5, 5.41) is 0. The second kappa shape index (κ2) is 5.56. The molecular formula is C13H19NO. The van der Waals surface area contributed by atoms with Crippen LogP contribution in [0, 0.1) is 0 Å². The van der Waals surface area contributed by atoms with Crippen LogP contribution >= 0.6 is 0 Å². The van der Waals surface area contributed by atoms with Crippen molar-refractivity contribution in [2.24, 2.45) is 5.73 Å². The van der Waals surface area contributed by atoms with Crippen molar-refractivity contribution in [2.75, 3.05) is 7.11 Å². The molecule has 1 atom stereocenters. The highest BCUT2D eigenvalue weighted by atomic mass is 16.5. The van der Waals surface area contributed by atoms with Gasteiger partial charge in [0.05, 0.1) is 7.11 Å². The second-order valence-electron chi connectivity index (χ2n) is 3.64. The Morgan fingerprint density at radius 2 is 2.00 bits per heavy atom. The number of rotatable bonds is 5. The van der Waals surface area contributed by atoms with Crippen LogP contribution in [0.5, 0.6) is 0 Å². The molecule has 0 saturated heterocycles. The van der Waals surface area contributed by atoms with E-state index in [1.165, 1.54) is 5.56 Å². The number of hydrogen-bond acceptors (Lipinski definition) is 2. The molecule has 1 rings (SSSR count). The molecule has 2 nitrogen and oxygen atoms in total. The summed E-state index contributed by atoms with van der Waals surface area (Å²) in [6.45, 7) is 5.94. The van der Waals surface area contributed by atoms with Crippen LogP contribution in [0.3, 0.4) is 0 Å². The Kier molecular flexibility index (Phi) is 4.37. The molecule has 0 aliphatic rings. The third-order valence-corrected chi connectivity index (χ3v) is 2.51. The van der Waals surface area contributed by atoms with E-state index < -0.39 is 0 Å². The summed E-state index contributed by atoms with van der Waals surface area (Å²) in [5.41, 5.74) is 8.19. The number of nitrogens with two attached hydrogens (primary N) is 1. The second-order valence-corrected chi connectivity index (χ2v) is 3.64. The third kappa shape index (κ3) is 3.10. The molecule has 0 aromatic heterocycles. The van der Waals surface area contributed by atoms with Gasteiger partial charge in [-0.15, -0.1) is 0 Å². The van der Waals surface area contributed by atoms with Gasteiger partial charge in [0.2, 0.25) is 0 Å². The maximum Gasteiger partial charge on any atom is 0.118 e. The first-order valence-corrected chi connectivity index (χ1v) is 5.27. The predicted octanol–water partition coefficient (Wildman–Crippen LogP) is 3.10. The molecule has 0 saturated carbocycles. The number of ether oxygens (including phenoxy) is 1. The Hall–Kier alpha value is -1.28. The standard InChI is InChI=1S/C13H19NO/c1-4-5-13(14)12-8-6-11(7-9-12)10(2)15-3/h6-9,13H,2,4-5,14H2,1,3H3/t13-/m0/s1. The molecule has 0 amide bonds. The summed E-state index contributed by atoms with van der Waals surface area (Å²) >= 11 is 0. The monoisotopic (exact) mass is 205 g/mol. The molecular weight excluding hydrogens is 186 g/mol. The molecule has 2 heteroatoms. The first-order chi connectivity index (χ1) is 7.19. The molecule has 0 spiro atoms. The van der Waals surface area contributed by atoms with Gasteiger partial charge in [-0.25, -0.2) is 0 Å². The average Bonchev–Trinajstić information content (AvgIpc) is 2.28. The predicted molar refractivity (Wildman–Crippen MR) is 64.3 cm³/mol. The lowest BCUT2D eigenvalue weighted by Gasteiger charge is -2.11. The van der Waals surface area contributed by atoms with E-state index in [2.05, 4.69) is 13.5 Å². The SMILES string of the molecule is C=C(OC)c1ccc([C@@H](N)CCC)cc1. The number of methoxy groups -OCH3 is 1. The fourth-order valence-electron chi connectivity index (χ4n) is 1.51. The summed E-state index contributed by atoms with van der Waals surface area (Å²) < 4.78 is 5.06. The molecule has 1 aromatic carbocycles. The highest BCUT2D eigenvalue weighted by molar-refractivity contribution is 5.57. The minimum atomic E-state index is 0.139. The van der Waals surface area contributed by atoms with E-state index in [0.717, 1.165) is 18.4 Å². The van der Waals surface area contributed by atoms with Crippen LogP contribution in [0.1, 0.15) is 36.9 Å². The van der Waals surface area contributed by atoms with E-state index >= 15 is 0 Å². The molecule has 0 aliphatic heterocycles. The number of hydrogen-bond donors (Lipinski definition) is 1. The molecule has 0 bridgehead atoms. The minimum Gasteiger partial charge on any atom is -0.497 e. The first-order valence-electron chi connectivity index (χ1n) is 5.27. The van der Waals surface area contributed by atoms with Gasteiger partial charge in [0.1, 0.15) is 5.76 Å². The van der Waals surface area contributed by atoms with E-state index in [9.17, 15) is 0 Å².